The number of anilines is 1. The molecule has 1 rings (SSSR count). The van der Waals surface area contributed by atoms with Crippen LogP contribution in [0.2, 0.25) is 0 Å². The van der Waals surface area contributed by atoms with Crippen LogP contribution in [0, 0.1) is 6.92 Å². The molecule has 0 fully saturated rings. The van der Waals surface area contributed by atoms with Gasteiger partial charge >= 0.3 is 5.97 Å². The average molecular weight is 321 g/mol. The lowest BCUT2D eigenvalue weighted by molar-refractivity contribution is -0.136. The number of amides is 2. The Labute approximate surface area is 135 Å². The molecule has 0 spiro atoms. The van der Waals surface area contributed by atoms with Crippen LogP contribution in [0.25, 0.3) is 0 Å². The first-order chi connectivity index (χ1) is 10.8. The van der Waals surface area contributed by atoms with Gasteiger partial charge in [-0.25, -0.2) is 0 Å². The van der Waals surface area contributed by atoms with Gasteiger partial charge in [0.1, 0.15) is 0 Å². The van der Waals surface area contributed by atoms with Crippen molar-refractivity contribution in [3.63, 3.8) is 0 Å². The van der Waals surface area contributed by atoms with E-state index in [9.17, 15) is 14.4 Å². The number of rotatable bonds is 8. The number of aliphatic carboxylic acids is 1. The minimum atomic E-state index is -0.976. The fourth-order valence-corrected chi connectivity index (χ4v) is 1.85. The van der Waals surface area contributed by atoms with Crippen molar-refractivity contribution in [2.45, 2.75) is 39.2 Å². The largest absolute Gasteiger partial charge is 0.481 e. The van der Waals surface area contributed by atoms with Crippen LogP contribution < -0.4 is 16.4 Å². The van der Waals surface area contributed by atoms with Crippen LogP contribution in [0.4, 0.5) is 5.69 Å². The van der Waals surface area contributed by atoms with Gasteiger partial charge in [0.05, 0.1) is 6.42 Å². The van der Waals surface area contributed by atoms with Crippen LogP contribution in [0.3, 0.4) is 0 Å². The normalized spacial score (nSPS) is 11.6. The number of benzene rings is 1. The third-order valence-corrected chi connectivity index (χ3v) is 3.23. The zero-order chi connectivity index (χ0) is 17.4. The maximum Gasteiger partial charge on any atom is 0.305 e. The molecule has 126 valence electrons. The summed E-state index contributed by atoms with van der Waals surface area (Å²) in [5.41, 5.74) is 7.38. The molecule has 1 unspecified atom stereocenters. The number of carboxylic acids is 1. The molecule has 0 saturated heterocycles. The van der Waals surface area contributed by atoms with Crippen molar-refractivity contribution in [2.75, 3.05) is 11.9 Å². The number of nitrogens with one attached hydrogen (secondary N) is 2. The molecule has 0 aliphatic heterocycles. The Morgan fingerprint density at radius 1 is 1.26 bits per heavy atom. The molecule has 0 aliphatic rings. The Kier molecular flexibility index (Phi) is 7.21. The van der Waals surface area contributed by atoms with Gasteiger partial charge in [-0.05, 0) is 38.0 Å². The van der Waals surface area contributed by atoms with Crippen molar-refractivity contribution >= 4 is 23.5 Å². The lowest BCUT2D eigenvalue weighted by Gasteiger charge is -2.11. The molecule has 0 heterocycles. The average Bonchev–Trinajstić information content (AvgIpc) is 2.47. The molecule has 0 bridgehead atoms. The molecule has 1 aromatic carbocycles. The van der Waals surface area contributed by atoms with Gasteiger partial charge in [-0.3, -0.25) is 14.4 Å². The second-order valence-electron chi connectivity index (χ2n) is 5.49. The van der Waals surface area contributed by atoms with E-state index in [2.05, 4.69) is 10.6 Å². The van der Waals surface area contributed by atoms with E-state index in [4.69, 9.17) is 10.8 Å². The van der Waals surface area contributed by atoms with E-state index < -0.39 is 5.97 Å². The number of hydrogen-bond acceptors (Lipinski definition) is 4. The Hall–Kier alpha value is -2.41. The molecule has 2 amide bonds. The van der Waals surface area contributed by atoms with E-state index in [1.54, 1.807) is 18.2 Å². The van der Waals surface area contributed by atoms with Gasteiger partial charge in [-0.1, -0.05) is 6.07 Å². The van der Waals surface area contributed by atoms with Crippen LogP contribution in [-0.4, -0.2) is 35.5 Å². The van der Waals surface area contributed by atoms with E-state index in [0.29, 0.717) is 24.1 Å². The Balaban J connectivity index is 2.69. The summed E-state index contributed by atoms with van der Waals surface area (Å²) in [5.74, 6) is -1.51. The summed E-state index contributed by atoms with van der Waals surface area (Å²) in [6.45, 7) is 3.71. The smallest absolute Gasteiger partial charge is 0.305 e. The van der Waals surface area contributed by atoms with Crippen molar-refractivity contribution in [1.29, 1.82) is 0 Å². The molecule has 7 heteroatoms. The molecule has 0 aliphatic carbocycles. The highest BCUT2D eigenvalue weighted by Gasteiger charge is 2.11. The molecule has 5 N–H and O–H groups in total. The molecular formula is C16H23N3O4. The topological polar surface area (TPSA) is 122 Å². The Morgan fingerprint density at radius 2 is 1.96 bits per heavy atom. The molecule has 0 radical (unpaired) electrons. The van der Waals surface area contributed by atoms with Gasteiger partial charge in [0.2, 0.25) is 5.91 Å². The van der Waals surface area contributed by atoms with E-state index in [1.165, 1.54) is 0 Å². The SMILES string of the molecule is Cc1ccc(C(=O)NCCC(=O)O)cc1NC(=O)CCC(C)N. The summed E-state index contributed by atoms with van der Waals surface area (Å²) in [6, 6.07) is 4.89. The zero-order valence-corrected chi connectivity index (χ0v) is 13.4. The third-order valence-electron chi connectivity index (χ3n) is 3.23. The maximum atomic E-state index is 12.0. The standard InChI is InChI=1S/C16H23N3O4/c1-10-3-5-12(16(23)18-8-7-15(21)22)9-13(10)19-14(20)6-4-11(2)17/h3,5,9,11H,4,6-8,17H2,1-2H3,(H,18,23)(H,19,20)(H,21,22). The first kappa shape index (κ1) is 18.6. The Bertz CT molecular complexity index is 585. The minimum absolute atomic E-state index is 0.0480. The number of carbonyl (C=O) groups excluding carboxylic acids is 2. The summed E-state index contributed by atoms with van der Waals surface area (Å²) in [7, 11) is 0. The highest BCUT2D eigenvalue weighted by atomic mass is 16.4. The van der Waals surface area contributed by atoms with Crippen molar-refractivity contribution in [1.82, 2.24) is 5.32 Å². The van der Waals surface area contributed by atoms with Crippen molar-refractivity contribution in [3.8, 4) is 0 Å². The van der Waals surface area contributed by atoms with Gasteiger partial charge in [0.25, 0.3) is 5.91 Å². The van der Waals surface area contributed by atoms with Gasteiger partial charge in [-0.15, -0.1) is 0 Å². The monoisotopic (exact) mass is 321 g/mol. The fraction of sp³-hybridized carbons (Fsp3) is 0.438. The second kappa shape index (κ2) is 8.89. The molecular weight excluding hydrogens is 298 g/mol. The first-order valence-electron chi connectivity index (χ1n) is 7.45. The number of nitrogens with two attached hydrogens (primary N) is 1. The summed E-state index contributed by atoms with van der Waals surface area (Å²) >= 11 is 0. The van der Waals surface area contributed by atoms with Crippen LogP contribution in [-0.2, 0) is 9.59 Å². The minimum Gasteiger partial charge on any atom is -0.481 e. The summed E-state index contributed by atoms with van der Waals surface area (Å²) in [6.07, 6.45) is 0.755. The van der Waals surface area contributed by atoms with Crippen molar-refractivity contribution < 1.29 is 19.5 Å². The predicted octanol–water partition coefficient (Wildman–Crippen LogP) is 1.27. The van der Waals surface area contributed by atoms with Gasteiger partial charge < -0.3 is 21.5 Å². The molecule has 0 aromatic heterocycles. The summed E-state index contributed by atoms with van der Waals surface area (Å²) in [5, 5.41) is 13.8. The van der Waals surface area contributed by atoms with Gasteiger partial charge in [0.15, 0.2) is 0 Å². The molecule has 7 nitrogen and oxygen atoms in total. The quantitative estimate of drug-likeness (QED) is 0.574. The number of carbonyl (C=O) groups is 3. The lowest BCUT2D eigenvalue weighted by Crippen LogP contribution is -2.26. The zero-order valence-electron chi connectivity index (χ0n) is 13.4. The van der Waals surface area contributed by atoms with Crippen LogP contribution in [0.1, 0.15) is 42.1 Å². The molecule has 23 heavy (non-hydrogen) atoms. The molecule has 1 atom stereocenters. The fourth-order valence-electron chi connectivity index (χ4n) is 1.85. The third kappa shape index (κ3) is 6.92. The highest BCUT2D eigenvalue weighted by molar-refractivity contribution is 5.97. The predicted molar refractivity (Wildman–Crippen MR) is 87.3 cm³/mol. The summed E-state index contributed by atoms with van der Waals surface area (Å²) < 4.78 is 0. The second-order valence-corrected chi connectivity index (χ2v) is 5.49. The maximum absolute atomic E-state index is 12.0. The number of hydrogen-bond donors (Lipinski definition) is 4. The van der Waals surface area contributed by atoms with E-state index in [0.717, 1.165) is 5.56 Å². The molecule has 0 saturated carbocycles. The van der Waals surface area contributed by atoms with Crippen LogP contribution in [0.15, 0.2) is 18.2 Å². The Morgan fingerprint density at radius 3 is 2.57 bits per heavy atom. The van der Waals surface area contributed by atoms with Gasteiger partial charge in [0, 0.05) is 30.3 Å². The van der Waals surface area contributed by atoms with E-state index >= 15 is 0 Å². The molecule has 1 aromatic rings. The first-order valence-corrected chi connectivity index (χ1v) is 7.45. The van der Waals surface area contributed by atoms with Crippen LogP contribution in [0.5, 0.6) is 0 Å². The van der Waals surface area contributed by atoms with Crippen molar-refractivity contribution in [3.05, 3.63) is 29.3 Å². The van der Waals surface area contributed by atoms with Gasteiger partial charge in [-0.2, -0.15) is 0 Å². The van der Waals surface area contributed by atoms with E-state index in [1.807, 2.05) is 13.8 Å². The number of aryl methyl sites for hydroxylation is 1. The van der Waals surface area contributed by atoms with Crippen molar-refractivity contribution in [2.24, 2.45) is 5.73 Å². The number of carboxylic acid groups (broad SMARTS) is 1. The lowest BCUT2D eigenvalue weighted by atomic mass is 10.1. The highest BCUT2D eigenvalue weighted by Crippen LogP contribution is 2.17. The van der Waals surface area contributed by atoms with Crippen LogP contribution >= 0.6 is 0 Å². The summed E-state index contributed by atoms with van der Waals surface area (Å²) in [4.78, 5) is 34.3. The van der Waals surface area contributed by atoms with E-state index in [-0.39, 0.29) is 30.8 Å².